The molecule has 10 rings (SSSR count). The lowest BCUT2D eigenvalue weighted by Crippen LogP contribution is -2.11. The Hall–Kier alpha value is -7.16. The maximum Gasteiger partial charge on any atom is 0.143 e. The molecule has 0 unspecified atom stereocenters. The van der Waals surface area contributed by atoms with E-state index in [1.54, 1.807) is 0 Å². The van der Waals surface area contributed by atoms with Gasteiger partial charge in [0.2, 0.25) is 0 Å². The summed E-state index contributed by atoms with van der Waals surface area (Å²) in [5.74, 6) is 0. The van der Waals surface area contributed by atoms with E-state index in [1.165, 1.54) is 33.0 Å². The van der Waals surface area contributed by atoms with Crippen LogP contribution in [0.1, 0.15) is 0 Å². The van der Waals surface area contributed by atoms with Crippen LogP contribution in [-0.2, 0) is 0 Å². The topological polar surface area (TPSA) is 16.4 Å². The second-order valence-electron chi connectivity index (χ2n) is 13.7. The number of hydrogen-bond donors (Lipinski definition) is 0. The molecular formula is C52H35NO. The first kappa shape index (κ1) is 31.6. The Morgan fingerprint density at radius 3 is 1.59 bits per heavy atom. The molecule has 0 atom stereocenters. The van der Waals surface area contributed by atoms with Gasteiger partial charge < -0.3 is 9.32 Å². The Morgan fingerprint density at radius 1 is 0.315 bits per heavy atom. The second-order valence-corrected chi connectivity index (χ2v) is 13.7. The minimum Gasteiger partial charge on any atom is -0.455 e. The van der Waals surface area contributed by atoms with Crippen molar-refractivity contribution in [2.24, 2.45) is 0 Å². The van der Waals surface area contributed by atoms with Crippen LogP contribution in [0.3, 0.4) is 0 Å². The van der Waals surface area contributed by atoms with Gasteiger partial charge in [-0.15, -0.1) is 0 Å². The molecule has 0 aliphatic rings. The highest BCUT2D eigenvalue weighted by molar-refractivity contribution is 6.10. The van der Waals surface area contributed by atoms with Gasteiger partial charge in [-0.05, 0) is 86.6 Å². The Bertz CT molecular complexity index is 2900. The molecule has 0 amide bonds. The van der Waals surface area contributed by atoms with Gasteiger partial charge in [0.05, 0.1) is 5.69 Å². The van der Waals surface area contributed by atoms with Crippen molar-refractivity contribution >= 4 is 49.8 Å². The molecule has 54 heavy (non-hydrogen) atoms. The van der Waals surface area contributed by atoms with Crippen LogP contribution in [0.25, 0.3) is 77.2 Å². The van der Waals surface area contributed by atoms with Crippen molar-refractivity contribution in [3.63, 3.8) is 0 Å². The Balaban J connectivity index is 1.06. The lowest BCUT2D eigenvalue weighted by Gasteiger charge is -2.28. The molecule has 0 radical (unpaired) electrons. The molecule has 10 aromatic rings. The number of rotatable bonds is 7. The summed E-state index contributed by atoms with van der Waals surface area (Å²) in [4.78, 5) is 2.37. The van der Waals surface area contributed by atoms with Crippen molar-refractivity contribution in [3.05, 3.63) is 212 Å². The third-order valence-corrected chi connectivity index (χ3v) is 10.5. The predicted molar refractivity (Wildman–Crippen MR) is 228 cm³/mol. The molecule has 0 aliphatic carbocycles. The summed E-state index contributed by atoms with van der Waals surface area (Å²) in [6, 6.07) is 75.8. The van der Waals surface area contributed by atoms with Crippen LogP contribution in [0, 0.1) is 0 Å². The summed E-state index contributed by atoms with van der Waals surface area (Å²) in [7, 11) is 0. The zero-order valence-electron chi connectivity index (χ0n) is 29.6. The molecule has 0 bridgehead atoms. The van der Waals surface area contributed by atoms with E-state index >= 15 is 0 Å². The third kappa shape index (κ3) is 5.62. The van der Waals surface area contributed by atoms with Crippen molar-refractivity contribution in [2.45, 2.75) is 0 Å². The van der Waals surface area contributed by atoms with Crippen molar-refractivity contribution in [1.29, 1.82) is 0 Å². The summed E-state index contributed by atoms with van der Waals surface area (Å²) < 4.78 is 6.48. The average molecular weight is 690 g/mol. The first-order valence-corrected chi connectivity index (χ1v) is 18.4. The van der Waals surface area contributed by atoms with Crippen molar-refractivity contribution < 1.29 is 4.42 Å². The molecule has 2 heteroatoms. The molecule has 0 N–H and O–H groups in total. The molecule has 1 aromatic heterocycles. The number of benzene rings is 9. The number of para-hydroxylation sites is 2. The van der Waals surface area contributed by atoms with Crippen LogP contribution in [0.15, 0.2) is 217 Å². The number of anilines is 3. The zero-order chi connectivity index (χ0) is 35.8. The molecule has 0 fully saturated rings. The van der Waals surface area contributed by atoms with E-state index in [0.717, 1.165) is 61.3 Å². The predicted octanol–water partition coefficient (Wildman–Crippen LogP) is 14.9. The number of hydrogen-bond acceptors (Lipinski definition) is 2. The highest BCUT2D eigenvalue weighted by Gasteiger charge is 2.18. The van der Waals surface area contributed by atoms with Crippen molar-refractivity contribution in [1.82, 2.24) is 0 Å². The van der Waals surface area contributed by atoms with Gasteiger partial charge in [-0.1, -0.05) is 170 Å². The van der Waals surface area contributed by atoms with Gasteiger partial charge >= 0.3 is 0 Å². The van der Waals surface area contributed by atoms with Gasteiger partial charge in [0.1, 0.15) is 11.2 Å². The van der Waals surface area contributed by atoms with Gasteiger partial charge in [0.15, 0.2) is 0 Å². The Morgan fingerprint density at radius 2 is 0.833 bits per heavy atom. The summed E-state index contributed by atoms with van der Waals surface area (Å²) in [5, 5.41) is 4.75. The molecule has 2 nitrogen and oxygen atoms in total. The third-order valence-electron chi connectivity index (χ3n) is 10.5. The lowest BCUT2D eigenvalue weighted by molar-refractivity contribution is 0.670. The van der Waals surface area contributed by atoms with Gasteiger partial charge in [0.25, 0.3) is 0 Å². The van der Waals surface area contributed by atoms with Gasteiger partial charge in [-0.3, -0.25) is 0 Å². The van der Waals surface area contributed by atoms with E-state index in [1.807, 2.05) is 6.07 Å². The van der Waals surface area contributed by atoms with E-state index in [-0.39, 0.29) is 0 Å². The summed E-state index contributed by atoms with van der Waals surface area (Å²) in [6.45, 7) is 0. The van der Waals surface area contributed by atoms with Crippen LogP contribution < -0.4 is 4.90 Å². The standard InChI is InChI=1S/C52H35NO/c1-3-13-38(14-4-1)46-20-9-10-24-50(46)53(43-32-27-40(28-33-43)45-21-11-18-37-17-7-8-19-44(37)45)42-30-25-36(26-31-42)41-29-34-51-49(35-41)48-23-12-22-47(52(48)54-51)39-15-5-2-6-16-39/h1-35H. The fourth-order valence-corrected chi connectivity index (χ4v) is 7.85. The van der Waals surface area contributed by atoms with Crippen LogP contribution >= 0.6 is 0 Å². The summed E-state index contributed by atoms with van der Waals surface area (Å²) in [5.41, 5.74) is 14.5. The average Bonchev–Trinajstić information content (AvgIpc) is 3.63. The van der Waals surface area contributed by atoms with E-state index in [2.05, 4.69) is 211 Å². The molecule has 0 spiro atoms. The molecule has 9 aromatic carbocycles. The molecular weight excluding hydrogens is 655 g/mol. The summed E-state index contributed by atoms with van der Waals surface area (Å²) >= 11 is 0. The molecule has 254 valence electrons. The van der Waals surface area contributed by atoms with Crippen LogP contribution in [0.5, 0.6) is 0 Å². The van der Waals surface area contributed by atoms with E-state index < -0.39 is 0 Å². The quantitative estimate of drug-likeness (QED) is 0.166. The molecule has 0 saturated heterocycles. The van der Waals surface area contributed by atoms with Crippen LogP contribution in [-0.4, -0.2) is 0 Å². The van der Waals surface area contributed by atoms with E-state index in [9.17, 15) is 0 Å². The minimum absolute atomic E-state index is 0.893. The smallest absolute Gasteiger partial charge is 0.143 e. The van der Waals surface area contributed by atoms with Gasteiger partial charge in [-0.25, -0.2) is 0 Å². The first-order valence-electron chi connectivity index (χ1n) is 18.4. The Kier molecular flexibility index (Phi) is 7.85. The number of nitrogens with zero attached hydrogens (tertiary/aromatic N) is 1. The van der Waals surface area contributed by atoms with Crippen molar-refractivity contribution in [2.75, 3.05) is 4.90 Å². The fraction of sp³-hybridized carbons (Fsp3) is 0. The Labute approximate surface area is 314 Å². The number of furan rings is 1. The van der Waals surface area contributed by atoms with E-state index in [4.69, 9.17) is 4.42 Å². The zero-order valence-corrected chi connectivity index (χ0v) is 29.6. The first-order chi connectivity index (χ1) is 26.8. The highest BCUT2D eigenvalue weighted by atomic mass is 16.3. The molecule has 0 aliphatic heterocycles. The van der Waals surface area contributed by atoms with Crippen molar-refractivity contribution in [3.8, 4) is 44.5 Å². The van der Waals surface area contributed by atoms with Crippen LogP contribution in [0.4, 0.5) is 17.1 Å². The lowest BCUT2D eigenvalue weighted by atomic mass is 9.97. The van der Waals surface area contributed by atoms with E-state index in [0.29, 0.717) is 0 Å². The second kappa shape index (κ2) is 13.4. The normalized spacial score (nSPS) is 11.3. The van der Waals surface area contributed by atoms with Gasteiger partial charge in [0, 0.05) is 33.3 Å². The maximum atomic E-state index is 6.48. The number of fused-ring (bicyclic) bond motifs is 4. The fourth-order valence-electron chi connectivity index (χ4n) is 7.85. The van der Waals surface area contributed by atoms with Crippen LogP contribution in [0.2, 0.25) is 0 Å². The largest absolute Gasteiger partial charge is 0.455 e. The van der Waals surface area contributed by atoms with Gasteiger partial charge in [-0.2, -0.15) is 0 Å². The minimum atomic E-state index is 0.893. The molecule has 1 heterocycles. The highest BCUT2D eigenvalue weighted by Crippen LogP contribution is 2.43. The monoisotopic (exact) mass is 689 g/mol. The summed E-state index contributed by atoms with van der Waals surface area (Å²) in [6.07, 6.45) is 0. The molecule has 0 saturated carbocycles. The maximum absolute atomic E-state index is 6.48. The SMILES string of the molecule is c1ccc(-c2ccccc2N(c2ccc(-c3ccc4oc5c(-c6ccccc6)cccc5c4c3)cc2)c2ccc(-c3cccc4ccccc34)cc2)cc1.